The van der Waals surface area contributed by atoms with Gasteiger partial charge in [-0.2, -0.15) is 0 Å². The van der Waals surface area contributed by atoms with Gasteiger partial charge in [-0.25, -0.2) is 9.37 Å². The van der Waals surface area contributed by atoms with E-state index in [1.807, 2.05) is 12.1 Å². The second kappa shape index (κ2) is 4.83. The zero-order valence-electron chi connectivity index (χ0n) is 11.1. The molecule has 0 spiro atoms. The van der Waals surface area contributed by atoms with Crippen LogP contribution in [-0.2, 0) is 13.0 Å². The van der Waals surface area contributed by atoms with Crippen LogP contribution in [0.5, 0.6) is 0 Å². The molecule has 0 fully saturated rings. The van der Waals surface area contributed by atoms with E-state index in [1.54, 1.807) is 0 Å². The first-order chi connectivity index (χ1) is 10.2. The van der Waals surface area contributed by atoms with E-state index in [-0.39, 0.29) is 11.1 Å². The van der Waals surface area contributed by atoms with Gasteiger partial charge >= 0.3 is 0 Å². The van der Waals surface area contributed by atoms with E-state index in [2.05, 4.69) is 22.4 Å². The Balaban J connectivity index is 1.73. The second-order valence-electron chi connectivity index (χ2n) is 5.19. The van der Waals surface area contributed by atoms with Crippen LogP contribution in [-0.4, -0.2) is 4.98 Å². The molecule has 1 aliphatic rings. The van der Waals surface area contributed by atoms with Crippen molar-refractivity contribution in [1.29, 1.82) is 0 Å². The molecule has 0 radical (unpaired) electrons. The Kier molecular flexibility index (Phi) is 2.94. The van der Waals surface area contributed by atoms with Gasteiger partial charge in [0.1, 0.15) is 11.3 Å². The number of nitrogens with zero attached hydrogens (tertiary/aromatic N) is 1. The minimum absolute atomic E-state index is 0.0218. The number of benzene rings is 2. The number of rotatable bonds is 1. The lowest BCUT2D eigenvalue weighted by Crippen LogP contribution is -2.28. The van der Waals surface area contributed by atoms with Crippen molar-refractivity contribution in [3.8, 4) is 0 Å². The highest BCUT2D eigenvalue weighted by Crippen LogP contribution is 2.31. The number of oxazole rings is 1. The van der Waals surface area contributed by atoms with Gasteiger partial charge in [0.25, 0.3) is 0 Å². The molecule has 1 atom stereocenters. The average molecular weight is 303 g/mol. The summed E-state index contributed by atoms with van der Waals surface area (Å²) < 4.78 is 19.1. The van der Waals surface area contributed by atoms with Crippen LogP contribution in [0.25, 0.3) is 11.1 Å². The molecule has 3 nitrogen and oxygen atoms in total. The smallest absolute Gasteiger partial charge is 0.213 e. The normalized spacial score (nSPS) is 17.9. The third kappa shape index (κ3) is 2.20. The Labute approximate surface area is 125 Å². The Morgan fingerprint density at radius 3 is 2.90 bits per heavy atom. The minimum atomic E-state index is -0.408. The van der Waals surface area contributed by atoms with E-state index >= 15 is 0 Å². The van der Waals surface area contributed by atoms with Crippen LogP contribution >= 0.6 is 11.6 Å². The van der Waals surface area contributed by atoms with Gasteiger partial charge in [0.15, 0.2) is 5.58 Å². The predicted molar refractivity (Wildman–Crippen MR) is 78.7 cm³/mol. The number of nitrogens with one attached hydrogen (secondary N) is 1. The molecular weight excluding hydrogens is 291 g/mol. The fourth-order valence-corrected chi connectivity index (χ4v) is 2.99. The Bertz CT molecular complexity index is 830. The quantitative estimate of drug-likeness (QED) is 0.738. The first kappa shape index (κ1) is 12.8. The molecule has 0 aliphatic carbocycles. The van der Waals surface area contributed by atoms with Crippen LogP contribution in [0.4, 0.5) is 4.39 Å². The molecule has 0 bridgehead atoms. The number of hydrogen-bond acceptors (Lipinski definition) is 3. The van der Waals surface area contributed by atoms with E-state index in [0.29, 0.717) is 17.0 Å². The fourth-order valence-electron chi connectivity index (χ4n) is 2.75. The molecule has 1 aromatic heterocycles. The van der Waals surface area contributed by atoms with E-state index in [9.17, 15) is 4.39 Å². The zero-order chi connectivity index (χ0) is 14.4. The van der Waals surface area contributed by atoms with Crippen molar-refractivity contribution in [2.75, 3.05) is 0 Å². The summed E-state index contributed by atoms with van der Waals surface area (Å²) in [4.78, 5) is 4.38. The monoisotopic (exact) mass is 302 g/mol. The molecule has 21 heavy (non-hydrogen) atoms. The van der Waals surface area contributed by atoms with Crippen molar-refractivity contribution < 1.29 is 8.81 Å². The fraction of sp³-hybridized carbons (Fsp3) is 0.188. The van der Waals surface area contributed by atoms with Crippen molar-refractivity contribution in [2.24, 2.45) is 0 Å². The summed E-state index contributed by atoms with van der Waals surface area (Å²) in [6.07, 6.45) is 0.795. The molecule has 0 saturated carbocycles. The predicted octanol–water partition coefficient (Wildman–Crippen LogP) is 4.01. The minimum Gasteiger partial charge on any atom is -0.437 e. The first-order valence-corrected chi connectivity index (χ1v) is 7.14. The van der Waals surface area contributed by atoms with Gasteiger partial charge in [-0.3, -0.25) is 0 Å². The standard InChI is InChI=1S/C16H12ClFN2O/c17-12-6-11(18)7-13-15(12)21-16(20-13)14-5-9-3-1-2-4-10(9)8-19-14/h1-4,6-7,14,19H,5,8H2. The van der Waals surface area contributed by atoms with Crippen LogP contribution in [0.2, 0.25) is 5.02 Å². The maximum Gasteiger partial charge on any atom is 0.213 e. The molecule has 2 aromatic carbocycles. The summed E-state index contributed by atoms with van der Waals surface area (Å²) in [5, 5.41) is 3.64. The maximum absolute atomic E-state index is 13.4. The summed E-state index contributed by atoms with van der Waals surface area (Å²) >= 11 is 6.00. The first-order valence-electron chi connectivity index (χ1n) is 6.76. The molecule has 1 unspecified atom stereocenters. The number of hydrogen-bond donors (Lipinski definition) is 1. The molecule has 1 N–H and O–H groups in total. The van der Waals surface area contributed by atoms with Crippen LogP contribution in [0.15, 0.2) is 40.8 Å². The van der Waals surface area contributed by atoms with Crippen molar-refractivity contribution in [3.63, 3.8) is 0 Å². The lowest BCUT2D eigenvalue weighted by atomic mass is 9.96. The lowest BCUT2D eigenvalue weighted by Gasteiger charge is -2.23. The highest BCUT2D eigenvalue weighted by molar-refractivity contribution is 6.34. The van der Waals surface area contributed by atoms with Crippen LogP contribution in [0.1, 0.15) is 23.1 Å². The Morgan fingerprint density at radius 2 is 2.05 bits per heavy atom. The van der Waals surface area contributed by atoms with E-state index in [4.69, 9.17) is 16.0 Å². The van der Waals surface area contributed by atoms with Gasteiger partial charge < -0.3 is 9.73 Å². The van der Waals surface area contributed by atoms with Crippen molar-refractivity contribution >= 4 is 22.7 Å². The van der Waals surface area contributed by atoms with Gasteiger partial charge in [0.2, 0.25) is 5.89 Å². The molecule has 106 valence electrons. The maximum atomic E-state index is 13.4. The summed E-state index contributed by atoms with van der Waals surface area (Å²) in [7, 11) is 0. The summed E-state index contributed by atoms with van der Waals surface area (Å²) in [6.45, 7) is 0.766. The molecule has 1 aliphatic heterocycles. The van der Waals surface area contributed by atoms with Crippen LogP contribution in [0.3, 0.4) is 0 Å². The highest BCUT2D eigenvalue weighted by Gasteiger charge is 2.24. The van der Waals surface area contributed by atoms with Gasteiger partial charge in [0.05, 0.1) is 11.1 Å². The lowest BCUT2D eigenvalue weighted by molar-refractivity contribution is 0.395. The molecule has 0 amide bonds. The van der Waals surface area contributed by atoms with E-state index in [1.165, 1.54) is 23.3 Å². The molecule has 0 saturated heterocycles. The molecule has 3 aromatic rings. The van der Waals surface area contributed by atoms with E-state index in [0.717, 1.165) is 13.0 Å². The van der Waals surface area contributed by atoms with Crippen molar-refractivity contribution in [2.45, 2.75) is 19.0 Å². The highest BCUT2D eigenvalue weighted by atomic mass is 35.5. The summed E-state index contributed by atoms with van der Waals surface area (Å²) in [6, 6.07) is 10.8. The van der Waals surface area contributed by atoms with Crippen LogP contribution < -0.4 is 5.32 Å². The van der Waals surface area contributed by atoms with Crippen molar-refractivity contribution in [3.05, 3.63) is 64.3 Å². The van der Waals surface area contributed by atoms with Gasteiger partial charge in [0, 0.05) is 12.6 Å². The SMILES string of the molecule is Fc1cc(Cl)c2oc(C3Cc4ccccc4CN3)nc2c1. The molecule has 5 heteroatoms. The Morgan fingerprint density at radius 1 is 1.24 bits per heavy atom. The van der Waals surface area contributed by atoms with Gasteiger partial charge in [-0.1, -0.05) is 35.9 Å². The van der Waals surface area contributed by atoms with Gasteiger partial charge in [-0.05, 0) is 23.6 Å². The number of aromatic nitrogens is 1. The molecule has 4 rings (SSSR count). The van der Waals surface area contributed by atoms with Crippen LogP contribution in [0, 0.1) is 5.82 Å². The third-order valence-electron chi connectivity index (χ3n) is 3.81. The van der Waals surface area contributed by atoms with Crippen molar-refractivity contribution in [1.82, 2.24) is 10.3 Å². The summed E-state index contributed by atoms with van der Waals surface area (Å²) in [5.74, 6) is 0.140. The zero-order valence-corrected chi connectivity index (χ0v) is 11.8. The third-order valence-corrected chi connectivity index (χ3v) is 4.09. The van der Waals surface area contributed by atoms with E-state index < -0.39 is 5.82 Å². The topological polar surface area (TPSA) is 38.1 Å². The number of halogens is 2. The number of fused-ring (bicyclic) bond motifs is 2. The summed E-state index contributed by atoms with van der Waals surface area (Å²) in [5.41, 5.74) is 3.46. The average Bonchev–Trinajstić information content (AvgIpc) is 2.91. The second-order valence-corrected chi connectivity index (χ2v) is 5.60. The van der Waals surface area contributed by atoms with Gasteiger partial charge in [-0.15, -0.1) is 0 Å². The Hall–Kier alpha value is -1.91. The largest absolute Gasteiger partial charge is 0.437 e. The molecule has 2 heterocycles. The molecular formula is C16H12ClFN2O.